The Morgan fingerprint density at radius 3 is 2.00 bits per heavy atom. The highest BCUT2D eigenvalue weighted by atomic mass is 14.5. The largest absolute Gasteiger partial charge is 0.403 e. The van der Waals surface area contributed by atoms with Crippen molar-refractivity contribution in [3.63, 3.8) is 0 Å². The molecule has 0 aliphatic carbocycles. The summed E-state index contributed by atoms with van der Waals surface area (Å²) in [6, 6.07) is 0. The number of rotatable bonds is 0. The molecule has 0 amide bonds. The third-order valence-electron chi connectivity index (χ3n) is 0. The predicted octanol–water partition coefficient (Wildman–Crippen LogP) is 0.479. The van der Waals surface area contributed by atoms with Crippen molar-refractivity contribution in [3.8, 4) is 0 Å². The van der Waals surface area contributed by atoms with Crippen LogP contribution in [0.2, 0.25) is 0 Å². The maximum atomic E-state index is 4.92. The Labute approximate surface area is 26.1 Å². The highest BCUT2D eigenvalue weighted by molar-refractivity contribution is 4.76. The zero-order valence-corrected chi connectivity index (χ0v) is 2.78. The van der Waals surface area contributed by atoms with Crippen LogP contribution in [0.3, 0.4) is 0 Å². The van der Waals surface area contributed by atoms with Crippen molar-refractivity contribution in [1.29, 1.82) is 0 Å². The molecule has 0 saturated heterocycles. The molecule has 0 rings (SSSR count). The Morgan fingerprint density at radius 2 is 2.00 bits per heavy atom. The van der Waals surface area contributed by atoms with Gasteiger partial charge in [-0.2, -0.15) is 0 Å². The van der Waals surface area contributed by atoms with Gasteiger partial charge < -0.3 is 5.73 Å². The summed E-state index contributed by atoms with van der Waals surface area (Å²) in [5, 5.41) is 0. The van der Waals surface area contributed by atoms with Gasteiger partial charge in [0, 0.05) is 0 Å². The summed E-state index contributed by atoms with van der Waals surface area (Å²) in [5.41, 5.74) is 5.58. The van der Waals surface area contributed by atoms with Crippen LogP contribution in [-0.4, -0.2) is 0 Å². The summed E-state index contributed by atoms with van der Waals surface area (Å²) in [6.45, 7) is 5.08. The fourth-order valence-corrected chi connectivity index (χ4v) is 0. The first-order chi connectivity index (χ1) is 1.73. The van der Waals surface area contributed by atoms with Crippen LogP contribution in [0.5, 0.6) is 0 Å². The van der Waals surface area contributed by atoms with Crippen LogP contribution >= 0.6 is 0 Å². The van der Waals surface area contributed by atoms with E-state index >= 15 is 0 Å². The lowest BCUT2D eigenvalue weighted by atomic mass is 10.6. The molecule has 0 aromatic rings. The van der Waals surface area contributed by atoms with E-state index in [2.05, 4.69) is 6.58 Å². The summed E-state index contributed by atoms with van der Waals surface area (Å²) in [4.78, 5) is 0. The van der Waals surface area contributed by atoms with Crippen molar-refractivity contribution in [2.24, 2.45) is 5.73 Å². The Kier molecular flexibility index (Phi) is 0.826. The molecule has 1 heteroatoms. The van der Waals surface area contributed by atoms with E-state index in [1.54, 1.807) is 6.92 Å². The molecule has 0 spiro atoms. The van der Waals surface area contributed by atoms with Gasteiger partial charge in [0.05, 0.1) is 0 Å². The van der Waals surface area contributed by atoms with E-state index < -0.39 is 0 Å². The number of allylic oxidation sites excluding steroid dienone is 1. The second kappa shape index (κ2) is 0.934. The quantitative estimate of drug-likeness (QED) is 0.430. The minimum Gasteiger partial charge on any atom is -0.403 e. The van der Waals surface area contributed by atoms with E-state index in [0.29, 0.717) is 5.70 Å². The van der Waals surface area contributed by atoms with Crippen molar-refractivity contribution in [1.82, 2.24) is 0 Å². The predicted molar refractivity (Wildman–Crippen MR) is 19.0 cm³/mol. The van der Waals surface area contributed by atoms with E-state index in [0.717, 1.165) is 0 Å². The Hall–Kier alpha value is -0.460. The van der Waals surface area contributed by atoms with E-state index in [9.17, 15) is 0 Å². The summed E-state index contributed by atoms with van der Waals surface area (Å²) in [7, 11) is 0. The maximum Gasteiger partial charge on any atom is -0.00242 e. The third kappa shape index (κ3) is 2.12. The molecule has 0 unspecified atom stereocenters. The molecule has 0 heterocycles. The van der Waals surface area contributed by atoms with Crippen molar-refractivity contribution in [3.05, 3.63) is 12.3 Å². The SMILES string of the molecule is C=C(C)N. The Morgan fingerprint density at radius 1 is 2.00 bits per heavy atom. The van der Waals surface area contributed by atoms with Crippen molar-refractivity contribution in [2.45, 2.75) is 6.92 Å². The molecule has 2 N–H and O–H groups in total. The zero-order valence-electron chi connectivity index (χ0n) is 2.78. The number of hydrogen-bond donors (Lipinski definition) is 1. The van der Waals surface area contributed by atoms with Crippen LogP contribution < -0.4 is 5.73 Å². The standard InChI is InChI=1S/C3H7N/c1-3(2)4/h1,4H2,2H3. The lowest BCUT2D eigenvalue weighted by Crippen LogP contribution is -1.83. The molecule has 0 bridgehead atoms. The summed E-state index contributed by atoms with van der Waals surface area (Å²) < 4.78 is 0. The molecule has 0 saturated carbocycles. The molecule has 4 heavy (non-hydrogen) atoms. The van der Waals surface area contributed by atoms with Crippen LogP contribution in [0.25, 0.3) is 0 Å². The van der Waals surface area contributed by atoms with Crippen LogP contribution in [-0.2, 0) is 0 Å². The van der Waals surface area contributed by atoms with Gasteiger partial charge in [-0.3, -0.25) is 0 Å². The number of nitrogens with two attached hydrogens (primary N) is 1. The first-order valence-electron chi connectivity index (χ1n) is 1.14. The fourth-order valence-electron chi connectivity index (χ4n) is 0. The summed E-state index contributed by atoms with van der Waals surface area (Å²) in [5.74, 6) is 0. The van der Waals surface area contributed by atoms with Crippen molar-refractivity contribution < 1.29 is 0 Å². The van der Waals surface area contributed by atoms with Crippen LogP contribution in [0.4, 0.5) is 0 Å². The van der Waals surface area contributed by atoms with Gasteiger partial charge in [-0.25, -0.2) is 0 Å². The van der Waals surface area contributed by atoms with Gasteiger partial charge in [-0.15, -0.1) is 0 Å². The summed E-state index contributed by atoms with van der Waals surface area (Å²) >= 11 is 0. The second-order valence-electron chi connectivity index (χ2n) is 0.846. The van der Waals surface area contributed by atoms with Gasteiger partial charge in [0.25, 0.3) is 0 Å². The maximum absolute atomic E-state index is 4.92. The lowest BCUT2D eigenvalue weighted by Gasteiger charge is -1.69. The van der Waals surface area contributed by atoms with E-state index in [1.807, 2.05) is 0 Å². The minimum atomic E-state index is 0.667. The molecule has 0 atom stereocenters. The van der Waals surface area contributed by atoms with Crippen LogP contribution in [0.1, 0.15) is 6.92 Å². The van der Waals surface area contributed by atoms with E-state index in [1.165, 1.54) is 0 Å². The van der Waals surface area contributed by atoms with Gasteiger partial charge in [0.15, 0.2) is 0 Å². The molecular formula is C3H7N. The zero-order chi connectivity index (χ0) is 3.58. The van der Waals surface area contributed by atoms with Crippen molar-refractivity contribution in [2.75, 3.05) is 0 Å². The third-order valence-corrected chi connectivity index (χ3v) is 0. The van der Waals surface area contributed by atoms with E-state index in [-0.39, 0.29) is 0 Å². The Balaban J connectivity index is 2.80. The Bertz CT molecular complexity index is 26.3. The molecular weight excluding hydrogens is 50.0 g/mol. The highest BCUT2D eigenvalue weighted by Gasteiger charge is 1.50. The normalized spacial score (nSPS) is 6.25. The van der Waals surface area contributed by atoms with Crippen LogP contribution in [0.15, 0.2) is 12.3 Å². The topological polar surface area (TPSA) is 26.0 Å². The van der Waals surface area contributed by atoms with Crippen molar-refractivity contribution >= 4 is 0 Å². The molecule has 0 aromatic carbocycles. The molecule has 1 nitrogen and oxygen atoms in total. The van der Waals surface area contributed by atoms with Gasteiger partial charge in [0.2, 0.25) is 0 Å². The minimum absolute atomic E-state index is 0.667. The summed E-state index contributed by atoms with van der Waals surface area (Å²) in [6.07, 6.45) is 0. The molecule has 0 aliphatic heterocycles. The van der Waals surface area contributed by atoms with Gasteiger partial charge in [-0.05, 0) is 12.6 Å². The first kappa shape index (κ1) is 3.54. The average molecular weight is 57.1 g/mol. The second-order valence-corrected chi connectivity index (χ2v) is 0.846. The fraction of sp³-hybridized carbons (Fsp3) is 0.333. The highest BCUT2D eigenvalue weighted by Crippen LogP contribution is 1.58. The number of hydrogen-bond acceptors (Lipinski definition) is 1. The van der Waals surface area contributed by atoms with Crippen LogP contribution in [0, 0.1) is 0 Å². The molecule has 0 radical (unpaired) electrons. The first-order valence-corrected chi connectivity index (χ1v) is 1.14. The lowest BCUT2D eigenvalue weighted by molar-refractivity contribution is 1.34. The van der Waals surface area contributed by atoms with Gasteiger partial charge in [0.1, 0.15) is 0 Å². The molecule has 0 aromatic heterocycles. The average Bonchev–Trinajstić information content (AvgIpc) is 0.811. The molecule has 0 fully saturated rings. The molecule has 0 aliphatic rings. The monoisotopic (exact) mass is 57.1 g/mol. The van der Waals surface area contributed by atoms with Gasteiger partial charge >= 0.3 is 0 Å². The van der Waals surface area contributed by atoms with E-state index in [4.69, 9.17) is 5.73 Å². The smallest absolute Gasteiger partial charge is 0.00242 e. The molecule has 24 valence electrons. The van der Waals surface area contributed by atoms with Gasteiger partial charge in [-0.1, -0.05) is 6.58 Å².